The van der Waals surface area contributed by atoms with Crippen LogP contribution in [0.2, 0.25) is 0 Å². The zero-order valence-corrected chi connectivity index (χ0v) is 11.4. The van der Waals surface area contributed by atoms with Crippen LogP contribution in [0.3, 0.4) is 0 Å². The number of rotatable bonds is 3. The standard InChI is InChI=1S/C15H21NO3/c1-11(2)15(10-12-6-4-3-5-7-12)13(17)8-9-16(15)14(18)19/h3-7,11,13,17H,8-10H2,1-2H3,(H,18,19)/t13?,15-/m0/s1. The molecule has 104 valence electrons. The van der Waals surface area contributed by atoms with E-state index in [1.165, 1.54) is 4.90 Å². The van der Waals surface area contributed by atoms with E-state index in [0.717, 1.165) is 5.56 Å². The van der Waals surface area contributed by atoms with Crippen molar-refractivity contribution < 1.29 is 15.0 Å². The minimum Gasteiger partial charge on any atom is -0.465 e. The zero-order chi connectivity index (χ0) is 14.0. The van der Waals surface area contributed by atoms with E-state index in [4.69, 9.17) is 0 Å². The first kappa shape index (κ1) is 13.9. The molecule has 1 heterocycles. The molecule has 0 bridgehead atoms. The number of aliphatic hydroxyl groups is 1. The highest BCUT2D eigenvalue weighted by atomic mass is 16.4. The molecule has 1 saturated heterocycles. The van der Waals surface area contributed by atoms with Crippen molar-refractivity contribution in [1.29, 1.82) is 0 Å². The molecule has 1 fully saturated rings. The van der Waals surface area contributed by atoms with Gasteiger partial charge in [-0.05, 0) is 24.3 Å². The highest BCUT2D eigenvalue weighted by Gasteiger charge is 2.52. The summed E-state index contributed by atoms with van der Waals surface area (Å²) in [5, 5.41) is 19.8. The van der Waals surface area contributed by atoms with Crippen molar-refractivity contribution in [1.82, 2.24) is 4.90 Å². The Bertz CT molecular complexity index is 446. The number of hydrogen-bond acceptors (Lipinski definition) is 2. The van der Waals surface area contributed by atoms with Crippen LogP contribution < -0.4 is 0 Å². The Labute approximate surface area is 113 Å². The van der Waals surface area contributed by atoms with E-state index in [1.54, 1.807) is 0 Å². The number of nitrogens with zero attached hydrogens (tertiary/aromatic N) is 1. The number of carboxylic acid groups (broad SMARTS) is 1. The SMILES string of the molecule is CC(C)[C@@]1(Cc2ccccc2)C(O)CCN1C(=O)O. The molecular weight excluding hydrogens is 242 g/mol. The smallest absolute Gasteiger partial charge is 0.407 e. The second kappa shape index (κ2) is 5.21. The zero-order valence-electron chi connectivity index (χ0n) is 11.4. The lowest BCUT2D eigenvalue weighted by Crippen LogP contribution is -2.57. The number of carbonyl (C=O) groups is 1. The van der Waals surface area contributed by atoms with Gasteiger partial charge in [-0.15, -0.1) is 0 Å². The number of likely N-dealkylation sites (tertiary alicyclic amines) is 1. The number of hydrogen-bond donors (Lipinski definition) is 2. The Morgan fingerprint density at radius 3 is 2.58 bits per heavy atom. The van der Waals surface area contributed by atoms with Gasteiger partial charge in [0, 0.05) is 6.54 Å². The van der Waals surface area contributed by atoms with Crippen LogP contribution in [0.4, 0.5) is 4.79 Å². The van der Waals surface area contributed by atoms with Crippen LogP contribution in [-0.2, 0) is 6.42 Å². The van der Waals surface area contributed by atoms with Gasteiger partial charge in [0.2, 0.25) is 0 Å². The van der Waals surface area contributed by atoms with Crippen LogP contribution in [0, 0.1) is 5.92 Å². The Balaban J connectivity index is 2.38. The average Bonchev–Trinajstić information content (AvgIpc) is 2.69. The maximum atomic E-state index is 11.5. The molecule has 4 nitrogen and oxygen atoms in total. The van der Waals surface area contributed by atoms with Gasteiger partial charge in [-0.2, -0.15) is 0 Å². The number of amides is 1. The fraction of sp³-hybridized carbons (Fsp3) is 0.533. The van der Waals surface area contributed by atoms with Crippen molar-refractivity contribution in [2.45, 2.75) is 38.3 Å². The van der Waals surface area contributed by atoms with Crippen LogP contribution in [0.15, 0.2) is 30.3 Å². The molecule has 4 heteroatoms. The Morgan fingerprint density at radius 2 is 2.05 bits per heavy atom. The molecular formula is C15H21NO3. The van der Waals surface area contributed by atoms with Gasteiger partial charge >= 0.3 is 6.09 Å². The predicted octanol–water partition coefficient (Wildman–Crippen LogP) is 2.37. The minimum absolute atomic E-state index is 0.0568. The molecule has 1 aliphatic heterocycles. The van der Waals surface area contributed by atoms with E-state index in [2.05, 4.69) is 0 Å². The average molecular weight is 263 g/mol. The maximum Gasteiger partial charge on any atom is 0.407 e. The molecule has 0 aromatic heterocycles. The molecule has 2 rings (SSSR count). The summed E-state index contributed by atoms with van der Waals surface area (Å²) in [5.74, 6) is 0.0568. The Hall–Kier alpha value is -1.55. The van der Waals surface area contributed by atoms with E-state index in [-0.39, 0.29) is 5.92 Å². The van der Waals surface area contributed by atoms with Crippen LogP contribution in [0.1, 0.15) is 25.8 Å². The predicted molar refractivity (Wildman–Crippen MR) is 73.1 cm³/mol. The summed E-state index contributed by atoms with van der Waals surface area (Å²) in [6, 6.07) is 9.78. The third kappa shape index (κ3) is 2.32. The molecule has 19 heavy (non-hydrogen) atoms. The van der Waals surface area contributed by atoms with Gasteiger partial charge in [-0.3, -0.25) is 4.90 Å². The molecule has 1 unspecified atom stereocenters. The molecule has 2 N–H and O–H groups in total. The summed E-state index contributed by atoms with van der Waals surface area (Å²) in [5.41, 5.74) is 0.344. The van der Waals surface area contributed by atoms with E-state index < -0.39 is 17.7 Å². The van der Waals surface area contributed by atoms with Gasteiger partial charge in [0.05, 0.1) is 11.6 Å². The van der Waals surface area contributed by atoms with Gasteiger partial charge in [-0.25, -0.2) is 4.79 Å². The minimum atomic E-state index is -0.943. The second-order valence-corrected chi connectivity index (χ2v) is 5.55. The fourth-order valence-electron chi connectivity index (χ4n) is 3.20. The molecule has 0 spiro atoms. The maximum absolute atomic E-state index is 11.5. The van der Waals surface area contributed by atoms with Crippen molar-refractivity contribution in [2.24, 2.45) is 5.92 Å². The first-order valence-corrected chi connectivity index (χ1v) is 6.71. The third-order valence-corrected chi connectivity index (χ3v) is 4.27. The molecule has 0 saturated carbocycles. The first-order valence-electron chi connectivity index (χ1n) is 6.71. The van der Waals surface area contributed by atoms with Gasteiger partial charge in [0.25, 0.3) is 0 Å². The molecule has 0 radical (unpaired) electrons. The summed E-state index contributed by atoms with van der Waals surface area (Å²) < 4.78 is 0. The van der Waals surface area contributed by atoms with Crippen LogP contribution in [0.5, 0.6) is 0 Å². The lowest BCUT2D eigenvalue weighted by Gasteiger charge is -2.43. The summed E-state index contributed by atoms with van der Waals surface area (Å²) in [7, 11) is 0. The topological polar surface area (TPSA) is 60.8 Å². The quantitative estimate of drug-likeness (QED) is 0.880. The highest BCUT2D eigenvalue weighted by Crippen LogP contribution is 2.39. The van der Waals surface area contributed by atoms with Crippen molar-refractivity contribution in [2.75, 3.05) is 6.54 Å². The van der Waals surface area contributed by atoms with E-state index in [1.807, 2.05) is 44.2 Å². The first-order chi connectivity index (χ1) is 8.98. The molecule has 1 aliphatic rings. The van der Waals surface area contributed by atoms with Crippen LogP contribution in [-0.4, -0.2) is 39.4 Å². The van der Waals surface area contributed by atoms with Crippen molar-refractivity contribution in [3.63, 3.8) is 0 Å². The third-order valence-electron chi connectivity index (χ3n) is 4.27. The fourth-order valence-corrected chi connectivity index (χ4v) is 3.20. The number of benzene rings is 1. The molecule has 2 atom stereocenters. The number of aliphatic hydroxyl groups excluding tert-OH is 1. The van der Waals surface area contributed by atoms with Crippen molar-refractivity contribution >= 4 is 6.09 Å². The normalized spacial score (nSPS) is 26.9. The van der Waals surface area contributed by atoms with Gasteiger partial charge < -0.3 is 10.2 Å². The van der Waals surface area contributed by atoms with Crippen molar-refractivity contribution in [3.05, 3.63) is 35.9 Å². The van der Waals surface area contributed by atoms with Gasteiger partial charge in [-0.1, -0.05) is 44.2 Å². The van der Waals surface area contributed by atoms with Crippen molar-refractivity contribution in [3.8, 4) is 0 Å². The molecule has 0 aliphatic carbocycles. The summed E-state index contributed by atoms with van der Waals surface area (Å²) in [6.45, 7) is 4.36. The lowest BCUT2D eigenvalue weighted by molar-refractivity contribution is -0.000430. The second-order valence-electron chi connectivity index (χ2n) is 5.55. The lowest BCUT2D eigenvalue weighted by atomic mass is 9.77. The van der Waals surface area contributed by atoms with E-state index in [9.17, 15) is 15.0 Å². The van der Waals surface area contributed by atoms with Crippen LogP contribution in [0.25, 0.3) is 0 Å². The summed E-state index contributed by atoms with van der Waals surface area (Å²) >= 11 is 0. The van der Waals surface area contributed by atoms with E-state index >= 15 is 0 Å². The largest absolute Gasteiger partial charge is 0.465 e. The van der Waals surface area contributed by atoms with Gasteiger partial charge in [0.1, 0.15) is 0 Å². The molecule has 1 amide bonds. The Morgan fingerprint density at radius 1 is 1.42 bits per heavy atom. The highest BCUT2D eigenvalue weighted by molar-refractivity contribution is 5.67. The molecule has 1 aromatic rings. The van der Waals surface area contributed by atoms with Crippen LogP contribution >= 0.6 is 0 Å². The summed E-state index contributed by atoms with van der Waals surface area (Å²) in [6.07, 6.45) is -0.485. The summed E-state index contributed by atoms with van der Waals surface area (Å²) in [4.78, 5) is 12.9. The van der Waals surface area contributed by atoms with E-state index in [0.29, 0.717) is 19.4 Å². The molecule has 1 aromatic carbocycles. The Kier molecular flexibility index (Phi) is 3.80. The van der Waals surface area contributed by atoms with Gasteiger partial charge in [0.15, 0.2) is 0 Å². The monoisotopic (exact) mass is 263 g/mol.